The van der Waals surface area contributed by atoms with Gasteiger partial charge in [-0.2, -0.15) is 0 Å². The first-order valence-corrected chi connectivity index (χ1v) is 5.82. The Morgan fingerprint density at radius 1 is 1.62 bits per heavy atom. The number of nitrogens with two attached hydrogens (primary N) is 1. The number of nitrogens with one attached hydrogen (secondary N) is 1. The molecular weight excluding hydrogens is 202 g/mol. The lowest BCUT2D eigenvalue weighted by atomic mass is 10.2. The van der Waals surface area contributed by atoms with Gasteiger partial charge < -0.3 is 15.6 Å². The van der Waals surface area contributed by atoms with Crippen LogP contribution in [-0.2, 0) is 0 Å². The van der Waals surface area contributed by atoms with Crippen molar-refractivity contribution in [3.8, 4) is 0 Å². The average molecular weight is 221 g/mol. The molecule has 4 heteroatoms. The summed E-state index contributed by atoms with van der Waals surface area (Å²) in [5, 5.41) is 0. The van der Waals surface area contributed by atoms with Crippen LogP contribution >= 0.6 is 0 Å². The summed E-state index contributed by atoms with van der Waals surface area (Å²) in [5.41, 5.74) is 6.82. The molecule has 1 amide bonds. The molecule has 0 aromatic carbocycles. The van der Waals surface area contributed by atoms with Crippen molar-refractivity contribution in [2.24, 2.45) is 5.92 Å². The third kappa shape index (κ3) is 2.38. The van der Waals surface area contributed by atoms with Crippen LogP contribution in [0.25, 0.3) is 0 Å². The smallest absolute Gasteiger partial charge is 0.270 e. The van der Waals surface area contributed by atoms with Gasteiger partial charge in [0.15, 0.2) is 0 Å². The summed E-state index contributed by atoms with van der Waals surface area (Å²) >= 11 is 0. The number of carbonyl (C=O) groups excluding carboxylic acids is 1. The van der Waals surface area contributed by atoms with Crippen LogP contribution in [0.2, 0.25) is 0 Å². The van der Waals surface area contributed by atoms with Crippen molar-refractivity contribution in [2.45, 2.75) is 32.7 Å². The highest BCUT2D eigenvalue weighted by Gasteiger charge is 2.33. The fourth-order valence-electron chi connectivity index (χ4n) is 1.87. The van der Waals surface area contributed by atoms with E-state index in [1.807, 2.05) is 4.90 Å². The number of rotatable bonds is 4. The van der Waals surface area contributed by atoms with Gasteiger partial charge in [-0.15, -0.1) is 0 Å². The molecule has 1 fully saturated rings. The number of hydrogen-bond donors (Lipinski definition) is 2. The number of carbonyl (C=O) groups is 1. The molecule has 3 N–H and O–H groups in total. The zero-order valence-corrected chi connectivity index (χ0v) is 9.86. The third-order valence-corrected chi connectivity index (χ3v) is 2.75. The van der Waals surface area contributed by atoms with Crippen LogP contribution < -0.4 is 5.73 Å². The van der Waals surface area contributed by atoms with E-state index in [4.69, 9.17) is 5.73 Å². The summed E-state index contributed by atoms with van der Waals surface area (Å²) in [6.07, 6.45) is 3.93. The highest BCUT2D eigenvalue weighted by Crippen LogP contribution is 2.29. The maximum Gasteiger partial charge on any atom is 0.270 e. The van der Waals surface area contributed by atoms with E-state index in [2.05, 4.69) is 18.8 Å². The number of nitrogen functional groups attached to an aromatic ring is 1. The van der Waals surface area contributed by atoms with E-state index in [9.17, 15) is 4.79 Å². The van der Waals surface area contributed by atoms with Crippen LogP contribution in [0.3, 0.4) is 0 Å². The number of H-pyrrole nitrogens is 1. The van der Waals surface area contributed by atoms with Gasteiger partial charge in [0, 0.05) is 24.5 Å². The minimum atomic E-state index is 0.0768. The Morgan fingerprint density at radius 3 is 2.75 bits per heavy atom. The molecule has 0 saturated heterocycles. The van der Waals surface area contributed by atoms with Crippen molar-refractivity contribution < 1.29 is 4.79 Å². The fraction of sp³-hybridized carbons (Fsp3) is 0.583. The molecule has 0 radical (unpaired) electrons. The molecule has 0 aliphatic heterocycles. The first-order valence-electron chi connectivity index (χ1n) is 5.82. The molecule has 0 bridgehead atoms. The molecule has 0 spiro atoms. The van der Waals surface area contributed by atoms with Crippen molar-refractivity contribution in [1.82, 2.24) is 9.88 Å². The van der Waals surface area contributed by atoms with E-state index in [1.165, 1.54) is 0 Å². The first-order chi connectivity index (χ1) is 7.58. The summed E-state index contributed by atoms with van der Waals surface area (Å²) in [4.78, 5) is 17.1. The van der Waals surface area contributed by atoms with Crippen LogP contribution in [0, 0.1) is 5.92 Å². The van der Waals surface area contributed by atoms with E-state index >= 15 is 0 Å². The molecule has 88 valence electrons. The zero-order chi connectivity index (χ0) is 11.7. The highest BCUT2D eigenvalue weighted by molar-refractivity contribution is 5.93. The topological polar surface area (TPSA) is 62.1 Å². The summed E-state index contributed by atoms with van der Waals surface area (Å²) in [5.74, 6) is 0.574. The van der Waals surface area contributed by atoms with Crippen molar-refractivity contribution in [2.75, 3.05) is 12.3 Å². The van der Waals surface area contributed by atoms with Crippen LogP contribution in [-0.4, -0.2) is 28.4 Å². The van der Waals surface area contributed by atoms with Crippen LogP contribution in [0.1, 0.15) is 37.2 Å². The van der Waals surface area contributed by atoms with Crippen LogP contribution in [0.5, 0.6) is 0 Å². The minimum absolute atomic E-state index is 0.0768. The predicted molar refractivity (Wildman–Crippen MR) is 64.1 cm³/mol. The van der Waals surface area contributed by atoms with Gasteiger partial charge in [0.1, 0.15) is 5.69 Å². The molecule has 4 nitrogen and oxygen atoms in total. The lowest BCUT2D eigenvalue weighted by molar-refractivity contribution is 0.0717. The maximum absolute atomic E-state index is 12.2. The Kier molecular flexibility index (Phi) is 2.90. The van der Waals surface area contributed by atoms with Gasteiger partial charge in [-0.1, -0.05) is 13.8 Å². The monoisotopic (exact) mass is 221 g/mol. The minimum Gasteiger partial charge on any atom is -0.397 e. The second-order valence-corrected chi connectivity index (χ2v) is 4.93. The summed E-state index contributed by atoms with van der Waals surface area (Å²) in [6, 6.07) is 2.15. The summed E-state index contributed by atoms with van der Waals surface area (Å²) in [6.45, 7) is 5.08. The van der Waals surface area contributed by atoms with Crippen molar-refractivity contribution >= 4 is 11.6 Å². The molecule has 1 aliphatic carbocycles. The quantitative estimate of drug-likeness (QED) is 0.815. The number of aromatic nitrogens is 1. The Labute approximate surface area is 95.8 Å². The van der Waals surface area contributed by atoms with E-state index in [0.29, 0.717) is 23.3 Å². The van der Waals surface area contributed by atoms with Gasteiger partial charge >= 0.3 is 0 Å². The van der Waals surface area contributed by atoms with Crippen molar-refractivity contribution in [3.05, 3.63) is 18.0 Å². The average Bonchev–Trinajstić information content (AvgIpc) is 2.96. The van der Waals surface area contributed by atoms with Crippen LogP contribution in [0.4, 0.5) is 5.69 Å². The van der Waals surface area contributed by atoms with E-state index in [0.717, 1.165) is 19.4 Å². The molecule has 1 saturated carbocycles. The van der Waals surface area contributed by atoms with Crippen LogP contribution in [0.15, 0.2) is 12.3 Å². The standard InChI is InChI=1S/C12H19N3O/c1-8(2)7-15(10-3-4-10)12(16)11-5-9(13)6-14-11/h5-6,8,10,14H,3-4,7,13H2,1-2H3. The van der Waals surface area contributed by atoms with E-state index in [1.54, 1.807) is 12.3 Å². The lowest BCUT2D eigenvalue weighted by Gasteiger charge is -2.23. The SMILES string of the molecule is CC(C)CN(C(=O)c1cc(N)c[nH]1)C1CC1. The lowest BCUT2D eigenvalue weighted by Crippen LogP contribution is -2.36. The van der Waals surface area contributed by atoms with Gasteiger partial charge in [0.25, 0.3) is 5.91 Å². The first kappa shape index (κ1) is 11.0. The predicted octanol–water partition coefficient (Wildman–Crippen LogP) is 1.86. The third-order valence-electron chi connectivity index (χ3n) is 2.75. The molecule has 0 unspecified atom stereocenters. The van der Waals surface area contributed by atoms with Gasteiger partial charge in [-0.25, -0.2) is 0 Å². The van der Waals surface area contributed by atoms with Crippen molar-refractivity contribution in [3.63, 3.8) is 0 Å². The van der Waals surface area contributed by atoms with E-state index < -0.39 is 0 Å². The second-order valence-electron chi connectivity index (χ2n) is 4.93. The largest absolute Gasteiger partial charge is 0.397 e. The molecule has 2 rings (SSSR count). The number of aromatic amines is 1. The molecule has 1 aliphatic rings. The normalized spacial score (nSPS) is 15.4. The Hall–Kier alpha value is -1.45. The highest BCUT2D eigenvalue weighted by atomic mass is 16.2. The van der Waals surface area contributed by atoms with Gasteiger partial charge in [0.05, 0.1) is 0 Å². The van der Waals surface area contributed by atoms with Gasteiger partial charge in [-0.05, 0) is 24.8 Å². The molecule has 16 heavy (non-hydrogen) atoms. The molecule has 1 aromatic heterocycles. The Bertz CT molecular complexity index is 379. The Balaban J connectivity index is 2.10. The molecule has 1 aromatic rings. The van der Waals surface area contributed by atoms with Gasteiger partial charge in [0.2, 0.25) is 0 Å². The molecule has 1 heterocycles. The van der Waals surface area contributed by atoms with Crippen molar-refractivity contribution in [1.29, 1.82) is 0 Å². The number of hydrogen-bond acceptors (Lipinski definition) is 2. The fourth-order valence-corrected chi connectivity index (χ4v) is 1.87. The number of nitrogens with zero attached hydrogens (tertiary/aromatic N) is 1. The van der Waals surface area contributed by atoms with Gasteiger partial charge in [-0.3, -0.25) is 4.79 Å². The van der Waals surface area contributed by atoms with E-state index in [-0.39, 0.29) is 5.91 Å². The summed E-state index contributed by atoms with van der Waals surface area (Å²) < 4.78 is 0. The maximum atomic E-state index is 12.2. The summed E-state index contributed by atoms with van der Waals surface area (Å²) in [7, 11) is 0. The molecular formula is C12H19N3O. The Morgan fingerprint density at radius 2 is 2.31 bits per heavy atom. The molecule has 0 atom stereocenters. The zero-order valence-electron chi connectivity index (χ0n) is 9.86. The number of amides is 1. The number of anilines is 1. The second kappa shape index (κ2) is 4.20.